The number of carbonyl (C=O) groups is 1. The average molecular weight is 568 g/mol. The summed E-state index contributed by atoms with van der Waals surface area (Å²) in [6, 6.07) is 11.3. The van der Waals surface area contributed by atoms with Crippen molar-refractivity contribution >= 4 is 15.9 Å². The summed E-state index contributed by atoms with van der Waals surface area (Å²) in [6.45, 7) is 5.01. The zero-order chi connectivity index (χ0) is 29.0. The Balaban J connectivity index is 1.86. The Labute approximate surface area is 224 Å². The van der Waals surface area contributed by atoms with Gasteiger partial charge in [0.2, 0.25) is 15.9 Å². The number of hydrogen-bond donors (Lipinski definition) is 2. The second kappa shape index (κ2) is 12.1. The second-order valence-electron chi connectivity index (χ2n) is 9.02. The molecule has 39 heavy (non-hydrogen) atoms. The molecule has 7 nitrogen and oxygen atoms in total. The molecule has 0 aliphatic carbocycles. The third kappa shape index (κ3) is 7.99. The third-order valence-electron chi connectivity index (χ3n) is 5.91. The van der Waals surface area contributed by atoms with Gasteiger partial charge in [0.05, 0.1) is 24.5 Å². The lowest BCUT2D eigenvalue weighted by molar-refractivity contribution is -0.141. The van der Waals surface area contributed by atoms with Gasteiger partial charge in [-0.15, -0.1) is 0 Å². The molecule has 2 aromatic carbocycles. The molecule has 0 saturated carbocycles. The van der Waals surface area contributed by atoms with E-state index in [9.17, 15) is 30.8 Å². The summed E-state index contributed by atoms with van der Waals surface area (Å²) in [5.74, 6) is -1.62. The Morgan fingerprint density at radius 3 is 2.36 bits per heavy atom. The Kier molecular flexibility index (Phi) is 9.34. The second-order valence-corrected chi connectivity index (χ2v) is 10.9. The summed E-state index contributed by atoms with van der Waals surface area (Å²) < 4.78 is 85.4. The van der Waals surface area contributed by atoms with E-state index in [4.69, 9.17) is 4.74 Å². The largest absolute Gasteiger partial charge is 0.493 e. The number of rotatable bonds is 10. The normalized spacial score (nSPS) is 12.7. The first-order chi connectivity index (χ1) is 18.2. The molecule has 0 spiro atoms. The van der Waals surface area contributed by atoms with Gasteiger partial charge < -0.3 is 10.1 Å². The van der Waals surface area contributed by atoms with Gasteiger partial charge in [-0.1, -0.05) is 29.8 Å². The molecule has 12 heteroatoms. The number of carbonyl (C=O) groups excluding carboxylic acids is 1. The minimum Gasteiger partial charge on any atom is -0.493 e. The predicted octanol–water partition coefficient (Wildman–Crippen LogP) is 5.08. The topological polar surface area (TPSA) is 97.4 Å². The highest BCUT2D eigenvalue weighted by Gasteiger charge is 2.33. The molecule has 2 N–H and O–H groups in total. The fourth-order valence-electron chi connectivity index (χ4n) is 3.80. The molecule has 1 unspecified atom stereocenters. The van der Waals surface area contributed by atoms with Crippen LogP contribution in [0.5, 0.6) is 5.75 Å². The molecule has 0 aliphatic rings. The number of sulfonamides is 1. The number of ether oxygens (including phenoxy) is 1. The molecule has 0 fully saturated rings. The van der Waals surface area contributed by atoms with E-state index in [2.05, 4.69) is 15.0 Å². The quantitative estimate of drug-likeness (QED) is 0.333. The first-order valence-electron chi connectivity index (χ1n) is 12.0. The summed E-state index contributed by atoms with van der Waals surface area (Å²) in [5.41, 5.74) is 0.888. The van der Waals surface area contributed by atoms with Crippen molar-refractivity contribution in [1.82, 2.24) is 15.0 Å². The molecule has 0 radical (unpaired) electrons. The number of halogens is 4. The van der Waals surface area contributed by atoms with Gasteiger partial charge in [-0.05, 0) is 56.2 Å². The summed E-state index contributed by atoms with van der Waals surface area (Å²) in [4.78, 5) is 16.8. The lowest BCUT2D eigenvalue weighted by atomic mass is 9.98. The average Bonchev–Trinajstić information content (AvgIpc) is 2.86. The lowest BCUT2D eigenvalue weighted by Gasteiger charge is -2.18. The number of benzene rings is 2. The van der Waals surface area contributed by atoms with Crippen molar-refractivity contribution in [3.05, 3.63) is 82.3 Å². The first-order valence-corrected chi connectivity index (χ1v) is 13.9. The Morgan fingerprint density at radius 2 is 1.74 bits per heavy atom. The third-order valence-corrected chi connectivity index (χ3v) is 6.58. The molecule has 1 heterocycles. The van der Waals surface area contributed by atoms with Gasteiger partial charge in [0.15, 0.2) is 0 Å². The number of aromatic nitrogens is 1. The molecule has 1 amide bonds. The molecule has 0 saturated heterocycles. The van der Waals surface area contributed by atoms with Gasteiger partial charge in [0, 0.05) is 24.2 Å². The fraction of sp³-hybridized carbons (Fsp3) is 0.333. The molecule has 210 valence electrons. The molecule has 1 atom stereocenters. The highest BCUT2D eigenvalue weighted by Crippen LogP contribution is 2.36. The lowest BCUT2D eigenvalue weighted by Crippen LogP contribution is -2.28. The molecule has 0 bridgehead atoms. The van der Waals surface area contributed by atoms with Crippen LogP contribution in [0.4, 0.5) is 17.6 Å². The summed E-state index contributed by atoms with van der Waals surface area (Å²) in [5, 5.41) is 2.70. The molecular formula is C27H29F4N3O4S. The smallest absolute Gasteiger partial charge is 0.433 e. The van der Waals surface area contributed by atoms with Gasteiger partial charge >= 0.3 is 6.18 Å². The zero-order valence-corrected chi connectivity index (χ0v) is 22.6. The maximum Gasteiger partial charge on any atom is 0.433 e. The van der Waals surface area contributed by atoms with Crippen molar-refractivity contribution in [2.45, 2.75) is 46.0 Å². The molecular weight excluding hydrogens is 538 g/mol. The molecule has 0 aliphatic heterocycles. The zero-order valence-electron chi connectivity index (χ0n) is 21.8. The van der Waals surface area contributed by atoms with Crippen molar-refractivity contribution in [2.24, 2.45) is 0 Å². The highest BCUT2D eigenvalue weighted by molar-refractivity contribution is 7.88. The van der Waals surface area contributed by atoms with Crippen LogP contribution in [0.3, 0.4) is 0 Å². The van der Waals surface area contributed by atoms with Crippen LogP contribution in [-0.4, -0.2) is 32.2 Å². The number of alkyl halides is 3. The minimum atomic E-state index is -4.67. The van der Waals surface area contributed by atoms with Crippen LogP contribution in [0.2, 0.25) is 0 Å². The number of hydrogen-bond acceptors (Lipinski definition) is 5. The number of nitrogens with zero attached hydrogens (tertiary/aromatic N) is 1. The number of amides is 1. The van der Waals surface area contributed by atoms with Crippen LogP contribution in [0.1, 0.15) is 47.7 Å². The minimum absolute atomic E-state index is 0.0266. The van der Waals surface area contributed by atoms with Crippen LogP contribution in [0, 0.1) is 12.7 Å². The standard InChI is InChI=1S/C27H29F4N3O4S/c1-5-38-23-10-6-16(2)12-21(23)25-20(9-11-24(34-25)27(29,30)31)14-32-26(35)17(3)18-7-8-19(22(28)13-18)15-33-39(4,36)37/h6-13,17,33H,5,14-15H2,1-4H3,(H,32,35). The van der Waals surface area contributed by atoms with Gasteiger partial charge in [0.1, 0.15) is 17.3 Å². The van der Waals surface area contributed by atoms with Gasteiger partial charge in [-0.25, -0.2) is 22.5 Å². The van der Waals surface area contributed by atoms with E-state index in [0.29, 0.717) is 22.4 Å². The summed E-state index contributed by atoms with van der Waals surface area (Å²) >= 11 is 0. The summed E-state index contributed by atoms with van der Waals surface area (Å²) in [7, 11) is -3.51. The highest BCUT2D eigenvalue weighted by atomic mass is 32.2. The predicted molar refractivity (Wildman–Crippen MR) is 139 cm³/mol. The van der Waals surface area contributed by atoms with Crippen LogP contribution in [-0.2, 0) is 34.1 Å². The molecule has 3 rings (SSSR count). The van der Waals surface area contributed by atoms with Crippen LogP contribution in [0.15, 0.2) is 48.5 Å². The van der Waals surface area contributed by atoms with E-state index < -0.39 is 39.5 Å². The Bertz CT molecular complexity index is 1460. The van der Waals surface area contributed by atoms with Gasteiger partial charge in [-0.3, -0.25) is 4.79 Å². The molecule has 1 aromatic heterocycles. The molecule has 3 aromatic rings. The van der Waals surface area contributed by atoms with E-state index in [0.717, 1.165) is 24.0 Å². The Morgan fingerprint density at radius 1 is 1.05 bits per heavy atom. The van der Waals surface area contributed by atoms with Crippen molar-refractivity contribution in [3.63, 3.8) is 0 Å². The maximum absolute atomic E-state index is 14.5. The van der Waals surface area contributed by atoms with Crippen molar-refractivity contribution < 1.29 is 35.5 Å². The Hall–Kier alpha value is -3.51. The van der Waals surface area contributed by atoms with E-state index in [1.165, 1.54) is 18.2 Å². The van der Waals surface area contributed by atoms with Crippen molar-refractivity contribution in [2.75, 3.05) is 12.9 Å². The van der Waals surface area contributed by atoms with Crippen molar-refractivity contribution in [1.29, 1.82) is 0 Å². The number of pyridine rings is 1. The number of aryl methyl sites for hydroxylation is 1. The first kappa shape index (κ1) is 30.0. The SMILES string of the molecule is CCOc1ccc(C)cc1-c1nc(C(F)(F)F)ccc1CNC(=O)C(C)c1ccc(CNS(C)(=O)=O)c(F)c1. The summed E-state index contributed by atoms with van der Waals surface area (Å²) in [6.07, 6.45) is -3.71. The van der Waals surface area contributed by atoms with E-state index in [1.807, 2.05) is 0 Å². The van der Waals surface area contributed by atoms with Gasteiger partial charge in [-0.2, -0.15) is 13.2 Å². The monoisotopic (exact) mass is 567 g/mol. The van der Waals surface area contributed by atoms with Crippen LogP contribution < -0.4 is 14.8 Å². The van der Waals surface area contributed by atoms with Gasteiger partial charge in [0.25, 0.3) is 0 Å². The van der Waals surface area contributed by atoms with Crippen LogP contribution >= 0.6 is 0 Å². The van der Waals surface area contributed by atoms with E-state index in [1.54, 1.807) is 39.0 Å². The van der Waals surface area contributed by atoms with E-state index in [-0.39, 0.29) is 31.0 Å². The number of nitrogens with one attached hydrogen (secondary N) is 2. The maximum atomic E-state index is 14.5. The fourth-order valence-corrected chi connectivity index (χ4v) is 4.22. The van der Waals surface area contributed by atoms with E-state index >= 15 is 0 Å². The van der Waals surface area contributed by atoms with Crippen molar-refractivity contribution in [3.8, 4) is 17.0 Å². The van der Waals surface area contributed by atoms with Crippen LogP contribution in [0.25, 0.3) is 11.3 Å².